The fourth-order valence-corrected chi connectivity index (χ4v) is 2.81. The summed E-state index contributed by atoms with van der Waals surface area (Å²) in [5, 5.41) is 14.0. The van der Waals surface area contributed by atoms with Crippen LogP contribution in [0.25, 0.3) is 0 Å². The Morgan fingerprint density at radius 2 is 1.42 bits per heavy atom. The van der Waals surface area contributed by atoms with Crippen molar-refractivity contribution >= 4 is 11.7 Å². The fraction of sp³-hybridized carbons (Fsp3) is 0.591. The van der Waals surface area contributed by atoms with E-state index in [1.165, 1.54) is 57.8 Å². The van der Waals surface area contributed by atoms with Crippen LogP contribution in [0.3, 0.4) is 0 Å². The van der Waals surface area contributed by atoms with Gasteiger partial charge in [0, 0.05) is 12.2 Å². The number of rotatable bonds is 15. The molecule has 0 fully saturated rings. The Labute approximate surface area is 181 Å². The maximum Gasteiger partial charge on any atom is 1.00 e. The molecule has 0 atom stereocenters. The Bertz CT molecular complexity index is 485. The Kier molecular flexibility index (Phi) is 17.1. The minimum absolute atomic E-state index is 0. The molecule has 140 valence electrons. The van der Waals surface area contributed by atoms with Crippen molar-refractivity contribution in [1.29, 1.82) is 0 Å². The van der Waals surface area contributed by atoms with Crippen LogP contribution in [0.5, 0.6) is 0 Å². The smallest absolute Gasteiger partial charge is 0.545 e. The summed E-state index contributed by atoms with van der Waals surface area (Å²) < 4.78 is 0. The molecule has 0 heterocycles. The van der Waals surface area contributed by atoms with E-state index in [1.54, 1.807) is 24.3 Å². The van der Waals surface area contributed by atoms with E-state index in [-0.39, 0.29) is 35.1 Å². The van der Waals surface area contributed by atoms with Gasteiger partial charge in [0.15, 0.2) is 0 Å². The van der Waals surface area contributed by atoms with E-state index in [0.29, 0.717) is 0 Å². The molecule has 1 aromatic rings. The van der Waals surface area contributed by atoms with Gasteiger partial charge in [0.05, 0.1) is 5.97 Å². The fourth-order valence-electron chi connectivity index (χ4n) is 2.81. The zero-order valence-corrected chi connectivity index (χ0v) is 18.8. The quantitative estimate of drug-likeness (QED) is 0.294. The van der Waals surface area contributed by atoms with Gasteiger partial charge in [-0.15, -0.1) is 0 Å². The van der Waals surface area contributed by atoms with E-state index >= 15 is 0 Å². The maximum atomic E-state index is 10.7. The van der Waals surface area contributed by atoms with Crippen molar-refractivity contribution in [2.24, 2.45) is 0 Å². The number of allylic oxidation sites excluding steroid dienone is 2. The third-order valence-electron chi connectivity index (χ3n) is 4.39. The van der Waals surface area contributed by atoms with Crippen LogP contribution >= 0.6 is 0 Å². The summed E-state index contributed by atoms with van der Waals surface area (Å²) in [6.45, 7) is 3.16. The molecular formula is C22H34NNaO2. The van der Waals surface area contributed by atoms with Gasteiger partial charge in [-0.2, -0.15) is 0 Å². The summed E-state index contributed by atoms with van der Waals surface area (Å²) in [5.41, 5.74) is 1.17. The van der Waals surface area contributed by atoms with E-state index in [2.05, 4.69) is 24.4 Å². The summed E-state index contributed by atoms with van der Waals surface area (Å²) in [7, 11) is 0. The Morgan fingerprint density at radius 1 is 0.885 bits per heavy atom. The van der Waals surface area contributed by atoms with E-state index in [1.807, 2.05) is 0 Å². The summed E-state index contributed by atoms with van der Waals surface area (Å²) in [6.07, 6.45) is 19.0. The van der Waals surface area contributed by atoms with Crippen LogP contribution in [-0.4, -0.2) is 12.5 Å². The van der Waals surface area contributed by atoms with E-state index in [9.17, 15) is 9.90 Å². The van der Waals surface area contributed by atoms with E-state index in [4.69, 9.17) is 0 Å². The second-order valence-corrected chi connectivity index (χ2v) is 6.67. The minimum Gasteiger partial charge on any atom is -0.545 e. The van der Waals surface area contributed by atoms with Crippen LogP contribution < -0.4 is 40.0 Å². The number of hydrogen-bond donors (Lipinski definition) is 1. The first kappa shape index (κ1) is 25.2. The summed E-state index contributed by atoms with van der Waals surface area (Å²) in [6, 6.07) is 6.70. The molecule has 1 rings (SSSR count). The van der Waals surface area contributed by atoms with Gasteiger partial charge < -0.3 is 15.2 Å². The van der Waals surface area contributed by atoms with Crippen LogP contribution in [0.1, 0.15) is 87.9 Å². The predicted molar refractivity (Wildman–Crippen MR) is 105 cm³/mol. The molecule has 4 heteroatoms. The van der Waals surface area contributed by atoms with E-state index < -0.39 is 5.97 Å². The van der Waals surface area contributed by atoms with Crippen LogP contribution in [0, 0.1) is 0 Å². The van der Waals surface area contributed by atoms with Crippen molar-refractivity contribution in [2.45, 2.75) is 77.6 Å². The molecule has 0 bridgehead atoms. The number of nitrogens with one attached hydrogen (secondary N) is 1. The minimum atomic E-state index is -1.13. The van der Waals surface area contributed by atoms with Crippen molar-refractivity contribution in [2.75, 3.05) is 11.9 Å². The zero-order chi connectivity index (χ0) is 18.2. The van der Waals surface area contributed by atoms with Gasteiger partial charge in [0.1, 0.15) is 0 Å². The van der Waals surface area contributed by atoms with Crippen LogP contribution in [0.2, 0.25) is 0 Å². The third-order valence-corrected chi connectivity index (χ3v) is 4.39. The molecule has 0 radical (unpaired) electrons. The number of anilines is 1. The molecule has 0 aromatic heterocycles. The van der Waals surface area contributed by atoms with Gasteiger partial charge in [-0.3, -0.25) is 0 Å². The Balaban J connectivity index is 0.00000625. The molecule has 0 saturated carbocycles. The van der Waals surface area contributed by atoms with Crippen molar-refractivity contribution in [3.63, 3.8) is 0 Å². The molecule has 1 aromatic carbocycles. The molecule has 0 amide bonds. The summed E-state index contributed by atoms with van der Waals surface area (Å²) >= 11 is 0. The first-order valence-electron chi connectivity index (χ1n) is 9.94. The molecule has 3 nitrogen and oxygen atoms in total. The van der Waals surface area contributed by atoms with Gasteiger partial charge >= 0.3 is 29.6 Å². The second kappa shape index (κ2) is 17.6. The first-order chi connectivity index (χ1) is 12.2. The number of aromatic carboxylic acids is 1. The SMILES string of the molecule is CCCCCCCCCC/C=C/CCCNc1ccc(C(=O)[O-])cc1.[Na+]. The third kappa shape index (κ3) is 13.4. The largest absolute Gasteiger partial charge is 1.00 e. The van der Waals surface area contributed by atoms with Gasteiger partial charge in [-0.1, -0.05) is 76.2 Å². The van der Waals surface area contributed by atoms with Gasteiger partial charge in [0.2, 0.25) is 0 Å². The second-order valence-electron chi connectivity index (χ2n) is 6.67. The maximum absolute atomic E-state index is 10.7. The van der Waals surface area contributed by atoms with Gasteiger partial charge in [-0.25, -0.2) is 0 Å². The normalized spacial score (nSPS) is 10.7. The summed E-state index contributed by atoms with van der Waals surface area (Å²) in [5.74, 6) is -1.13. The van der Waals surface area contributed by atoms with Crippen LogP contribution in [0.15, 0.2) is 36.4 Å². The number of carbonyl (C=O) groups excluding carboxylic acids is 1. The van der Waals surface area contributed by atoms with Crippen molar-refractivity contribution < 1.29 is 39.5 Å². The Hall–Kier alpha value is -0.770. The summed E-state index contributed by atoms with van der Waals surface area (Å²) in [4.78, 5) is 10.7. The molecule has 1 N–H and O–H groups in total. The molecule has 0 aliphatic rings. The topological polar surface area (TPSA) is 52.2 Å². The molecule has 0 unspecified atom stereocenters. The van der Waals surface area contributed by atoms with Crippen LogP contribution in [-0.2, 0) is 0 Å². The van der Waals surface area contributed by atoms with Crippen molar-refractivity contribution in [1.82, 2.24) is 0 Å². The first-order valence-corrected chi connectivity index (χ1v) is 9.94. The van der Waals surface area contributed by atoms with Gasteiger partial charge in [0.25, 0.3) is 0 Å². The standard InChI is InChI=1S/C22H35NO2.Na/c1-2-3-4-5-6-7-8-9-10-11-12-13-14-19-23-21-17-15-20(16-18-21)22(24)25;/h11-12,15-18,23H,2-10,13-14,19H2,1H3,(H,24,25);/q;+1/p-1/b12-11+;. The Morgan fingerprint density at radius 3 is 2.00 bits per heavy atom. The monoisotopic (exact) mass is 367 g/mol. The van der Waals surface area contributed by atoms with Crippen molar-refractivity contribution in [3.05, 3.63) is 42.0 Å². The average Bonchev–Trinajstić information content (AvgIpc) is 2.62. The molecule has 26 heavy (non-hydrogen) atoms. The molecular weight excluding hydrogens is 333 g/mol. The molecule has 0 aliphatic heterocycles. The number of unbranched alkanes of at least 4 members (excludes halogenated alkanes) is 9. The number of carboxylic acids is 1. The number of carboxylic acid groups (broad SMARTS) is 1. The zero-order valence-electron chi connectivity index (χ0n) is 16.8. The van der Waals surface area contributed by atoms with Crippen molar-refractivity contribution in [3.8, 4) is 0 Å². The molecule has 0 aliphatic carbocycles. The van der Waals surface area contributed by atoms with E-state index in [0.717, 1.165) is 25.1 Å². The average molecular weight is 368 g/mol. The predicted octanol–water partition coefficient (Wildman–Crippen LogP) is 2.33. The number of benzene rings is 1. The number of carbonyl (C=O) groups is 1. The molecule has 0 spiro atoms. The van der Waals surface area contributed by atoms with Gasteiger partial charge in [-0.05, 0) is 43.4 Å². The molecule has 0 saturated heterocycles. The number of hydrogen-bond acceptors (Lipinski definition) is 3. The van der Waals surface area contributed by atoms with Crippen LogP contribution in [0.4, 0.5) is 5.69 Å².